The second kappa shape index (κ2) is 5.13. The number of nitrogens with zero attached hydrogens (tertiary/aromatic N) is 1. The number of ether oxygens (including phenoxy) is 1. The van der Waals surface area contributed by atoms with Gasteiger partial charge < -0.3 is 4.74 Å². The monoisotopic (exact) mass is 270 g/mol. The maximum atomic E-state index is 12.8. The Morgan fingerprint density at radius 3 is 2.53 bits per heavy atom. The molecule has 1 aromatic heterocycles. The van der Waals surface area contributed by atoms with Crippen molar-refractivity contribution in [1.82, 2.24) is 10.2 Å². The highest BCUT2D eigenvalue weighted by Gasteiger charge is 2.39. The van der Waals surface area contributed by atoms with Crippen LogP contribution in [0.1, 0.15) is 22.9 Å². The predicted molar refractivity (Wildman–Crippen MR) is 59.0 cm³/mol. The van der Waals surface area contributed by atoms with E-state index in [-0.39, 0.29) is 12.0 Å². The molecule has 2 aromatic rings. The van der Waals surface area contributed by atoms with Crippen molar-refractivity contribution in [1.29, 1.82) is 0 Å². The molecule has 1 N–H and O–H groups in total. The second-order valence-corrected chi connectivity index (χ2v) is 3.71. The topological polar surface area (TPSA) is 55.0 Å². The number of nitrogens with one attached hydrogen (secondary N) is 1. The molecule has 0 spiro atoms. The Kier molecular flexibility index (Phi) is 3.55. The van der Waals surface area contributed by atoms with Gasteiger partial charge in [0.05, 0.1) is 0 Å². The zero-order chi connectivity index (χ0) is 13.9. The molecule has 1 atom stereocenters. The quantitative estimate of drug-likeness (QED) is 0.869. The van der Waals surface area contributed by atoms with Crippen LogP contribution in [0.3, 0.4) is 0 Å². The molecule has 0 aliphatic heterocycles. The predicted octanol–water partition coefficient (Wildman–Crippen LogP) is 2.69. The van der Waals surface area contributed by atoms with E-state index in [1.807, 2.05) is 0 Å². The third kappa shape index (κ3) is 2.75. The van der Waals surface area contributed by atoms with Crippen molar-refractivity contribution in [2.75, 3.05) is 0 Å². The minimum Gasteiger partial charge on any atom is -0.455 e. The van der Waals surface area contributed by atoms with E-state index in [9.17, 15) is 18.0 Å². The lowest BCUT2D eigenvalue weighted by atomic mass is 10.0. The molecule has 0 saturated heterocycles. The lowest BCUT2D eigenvalue weighted by Gasteiger charge is -2.16. The average molecular weight is 270 g/mol. The molecular weight excluding hydrogens is 261 g/mol. The van der Waals surface area contributed by atoms with Crippen LogP contribution in [0, 0.1) is 0 Å². The molecule has 4 nitrogen and oxygen atoms in total. The van der Waals surface area contributed by atoms with Crippen molar-refractivity contribution in [3.8, 4) is 0 Å². The van der Waals surface area contributed by atoms with E-state index in [2.05, 4.69) is 10.2 Å². The van der Waals surface area contributed by atoms with Gasteiger partial charge in [-0.05, 0) is 5.56 Å². The fraction of sp³-hybridized carbons (Fsp3) is 0.167. The average Bonchev–Trinajstić information content (AvgIpc) is 2.86. The van der Waals surface area contributed by atoms with Gasteiger partial charge in [0.2, 0.25) is 0 Å². The third-order valence-electron chi connectivity index (χ3n) is 2.51. The summed E-state index contributed by atoms with van der Waals surface area (Å²) in [5.41, 5.74) is -0.893. The van der Waals surface area contributed by atoms with E-state index in [1.54, 1.807) is 30.3 Å². The van der Waals surface area contributed by atoms with Crippen LogP contribution in [0.25, 0.3) is 0 Å². The molecule has 19 heavy (non-hydrogen) atoms. The summed E-state index contributed by atoms with van der Waals surface area (Å²) in [6, 6.07) is 8.14. The van der Waals surface area contributed by atoms with Crippen molar-refractivity contribution in [2.45, 2.75) is 12.3 Å². The number of hydrogen-bond acceptors (Lipinski definition) is 3. The molecular formula is C12H9F3N2O2. The van der Waals surface area contributed by atoms with Crippen LogP contribution >= 0.6 is 0 Å². The summed E-state index contributed by atoms with van der Waals surface area (Å²) in [6.45, 7) is 0.116. The number of halogens is 3. The highest BCUT2D eigenvalue weighted by molar-refractivity contribution is 5.42. The molecule has 0 fully saturated rings. The van der Waals surface area contributed by atoms with Gasteiger partial charge in [-0.2, -0.15) is 18.3 Å². The van der Waals surface area contributed by atoms with Crippen LogP contribution in [0.5, 0.6) is 0 Å². The molecule has 0 radical (unpaired) electrons. The number of rotatable bonds is 4. The van der Waals surface area contributed by atoms with E-state index in [0.29, 0.717) is 5.56 Å². The molecule has 0 amide bonds. The summed E-state index contributed by atoms with van der Waals surface area (Å²) in [6.07, 6.45) is -4.69. The van der Waals surface area contributed by atoms with Crippen molar-refractivity contribution in [3.63, 3.8) is 0 Å². The zero-order valence-corrected chi connectivity index (χ0v) is 9.52. The largest absolute Gasteiger partial charge is 0.455 e. The minimum absolute atomic E-state index is 0.116. The molecule has 0 aliphatic rings. The van der Waals surface area contributed by atoms with Gasteiger partial charge in [0.15, 0.2) is 11.8 Å². The first kappa shape index (κ1) is 13.1. The SMILES string of the molecule is O=COC(c1ccccc1)c1c[nH]nc1C(F)(F)F. The van der Waals surface area contributed by atoms with Crippen molar-refractivity contribution < 1.29 is 22.7 Å². The number of aromatic nitrogens is 2. The van der Waals surface area contributed by atoms with Crippen LogP contribution in [0.2, 0.25) is 0 Å². The van der Waals surface area contributed by atoms with E-state index in [4.69, 9.17) is 4.74 Å². The Bertz CT molecular complexity index is 552. The van der Waals surface area contributed by atoms with Crippen molar-refractivity contribution in [3.05, 3.63) is 53.3 Å². The number of hydrogen-bond donors (Lipinski definition) is 1. The first-order chi connectivity index (χ1) is 9.04. The van der Waals surface area contributed by atoms with Gasteiger partial charge in [-0.1, -0.05) is 30.3 Å². The van der Waals surface area contributed by atoms with Crippen LogP contribution < -0.4 is 0 Å². The standard InChI is InChI=1S/C12H9F3N2O2/c13-12(14,15)11-9(6-16-17-11)10(19-7-18)8-4-2-1-3-5-8/h1-7,10H,(H,16,17). The molecule has 7 heteroatoms. The molecule has 0 bridgehead atoms. The fourth-order valence-corrected chi connectivity index (χ4v) is 1.74. The van der Waals surface area contributed by atoms with Gasteiger partial charge in [0.25, 0.3) is 6.47 Å². The molecule has 100 valence electrons. The molecule has 1 unspecified atom stereocenters. The first-order valence-electron chi connectivity index (χ1n) is 5.29. The number of carbonyl (C=O) groups excluding carboxylic acids is 1. The smallest absolute Gasteiger partial charge is 0.435 e. The van der Waals surface area contributed by atoms with E-state index in [0.717, 1.165) is 6.20 Å². The molecule has 2 rings (SSSR count). The number of carbonyl (C=O) groups is 1. The maximum absolute atomic E-state index is 12.8. The zero-order valence-electron chi connectivity index (χ0n) is 9.52. The van der Waals surface area contributed by atoms with Crippen molar-refractivity contribution >= 4 is 6.47 Å². The van der Waals surface area contributed by atoms with Gasteiger partial charge in [-0.25, -0.2) is 0 Å². The Hall–Kier alpha value is -2.31. The van der Waals surface area contributed by atoms with Crippen LogP contribution in [-0.2, 0) is 15.7 Å². The van der Waals surface area contributed by atoms with Gasteiger partial charge in [-0.3, -0.25) is 9.89 Å². The Morgan fingerprint density at radius 1 is 1.26 bits per heavy atom. The maximum Gasteiger partial charge on any atom is 0.435 e. The molecule has 1 aromatic carbocycles. The lowest BCUT2D eigenvalue weighted by molar-refractivity contribution is -0.144. The molecule has 0 aliphatic carbocycles. The third-order valence-corrected chi connectivity index (χ3v) is 2.51. The number of alkyl halides is 3. The van der Waals surface area contributed by atoms with Crippen LogP contribution in [0.4, 0.5) is 13.2 Å². The van der Waals surface area contributed by atoms with Crippen LogP contribution in [0.15, 0.2) is 36.5 Å². The summed E-state index contributed by atoms with van der Waals surface area (Å²) >= 11 is 0. The molecule has 0 saturated carbocycles. The highest BCUT2D eigenvalue weighted by Crippen LogP contribution is 2.36. The fourth-order valence-electron chi connectivity index (χ4n) is 1.74. The summed E-state index contributed by atoms with van der Waals surface area (Å²) in [5.74, 6) is 0. The Balaban J connectivity index is 2.46. The van der Waals surface area contributed by atoms with E-state index in [1.165, 1.54) is 0 Å². The minimum atomic E-state index is -4.62. The normalized spacial score (nSPS) is 13.0. The van der Waals surface area contributed by atoms with Gasteiger partial charge >= 0.3 is 6.18 Å². The van der Waals surface area contributed by atoms with E-state index >= 15 is 0 Å². The lowest BCUT2D eigenvalue weighted by Crippen LogP contribution is -2.13. The first-order valence-corrected chi connectivity index (χ1v) is 5.29. The number of aromatic amines is 1. The van der Waals surface area contributed by atoms with Crippen LogP contribution in [-0.4, -0.2) is 16.7 Å². The summed E-state index contributed by atoms with van der Waals surface area (Å²) in [5, 5.41) is 5.32. The van der Waals surface area contributed by atoms with Gasteiger partial charge in [0, 0.05) is 11.8 Å². The number of benzene rings is 1. The Labute approximate surface area is 106 Å². The Morgan fingerprint density at radius 2 is 1.95 bits per heavy atom. The summed E-state index contributed by atoms with van der Waals surface area (Å²) in [7, 11) is 0. The summed E-state index contributed by atoms with van der Waals surface area (Å²) < 4.78 is 43.1. The van der Waals surface area contributed by atoms with Crippen molar-refractivity contribution in [2.24, 2.45) is 0 Å². The highest BCUT2D eigenvalue weighted by atomic mass is 19.4. The second-order valence-electron chi connectivity index (χ2n) is 3.71. The van der Waals surface area contributed by atoms with Gasteiger partial charge in [0.1, 0.15) is 0 Å². The molecule has 1 heterocycles. The van der Waals surface area contributed by atoms with Gasteiger partial charge in [-0.15, -0.1) is 0 Å². The number of H-pyrrole nitrogens is 1. The van der Waals surface area contributed by atoms with E-state index < -0.39 is 18.0 Å². The summed E-state index contributed by atoms with van der Waals surface area (Å²) in [4.78, 5) is 10.5.